The van der Waals surface area contributed by atoms with Crippen LogP contribution in [0.5, 0.6) is 5.75 Å². The highest BCUT2D eigenvalue weighted by Gasteiger charge is 2.55. The number of urea groups is 1. The number of nitrogens with zero attached hydrogens (tertiary/aromatic N) is 2. The number of rotatable bonds is 6. The number of benzene rings is 1. The summed E-state index contributed by atoms with van der Waals surface area (Å²) in [7, 11) is 1.67. The van der Waals surface area contributed by atoms with E-state index in [-0.39, 0.29) is 31.0 Å². The van der Waals surface area contributed by atoms with Crippen LogP contribution in [0.15, 0.2) is 24.3 Å². The predicted octanol–water partition coefficient (Wildman–Crippen LogP) is 1.98. The van der Waals surface area contributed by atoms with Crippen molar-refractivity contribution >= 4 is 23.5 Å². The van der Waals surface area contributed by atoms with Gasteiger partial charge in [-0.1, -0.05) is 19.3 Å². The van der Waals surface area contributed by atoms with Gasteiger partial charge in [0.1, 0.15) is 24.0 Å². The summed E-state index contributed by atoms with van der Waals surface area (Å²) in [6, 6.07) is 6.38. The number of aliphatic hydroxyl groups excluding tert-OH is 1. The number of anilines is 1. The Morgan fingerprint density at radius 2 is 1.86 bits per heavy atom. The van der Waals surface area contributed by atoms with Gasteiger partial charge < -0.3 is 20.1 Å². The van der Waals surface area contributed by atoms with Gasteiger partial charge in [-0.25, -0.2) is 4.79 Å². The number of hydrogen-bond donors (Lipinski definition) is 2. The number of β-amino-alcohol motifs (C(OH)–C–C–N with tert-alkyl or cyclic N) is 1. The minimum Gasteiger partial charge on any atom is -0.491 e. The quantitative estimate of drug-likeness (QED) is 0.725. The third-order valence-corrected chi connectivity index (χ3v) is 5.49. The van der Waals surface area contributed by atoms with Gasteiger partial charge in [-0.15, -0.1) is 0 Å². The summed E-state index contributed by atoms with van der Waals surface area (Å²) in [6.07, 6.45) is 3.30. The van der Waals surface area contributed by atoms with Gasteiger partial charge in [-0.2, -0.15) is 0 Å². The molecule has 152 valence electrons. The van der Waals surface area contributed by atoms with E-state index in [4.69, 9.17) is 4.74 Å². The maximum atomic E-state index is 12.9. The van der Waals surface area contributed by atoms with Gasteiger partial charge in [0.2, 0.25) is 5.91 Å². The zero-order chi connectivity index (χ0) is 20.3. The molecule has 0 bridgehead atoms. The first-order chi connectivity index (χ1) is 13.3. The lowest BCUT2D eigenvalue weighted by Gasteiger charge is -2.35. The summed E-state index contributed by atoms with van der Waals surface area (Å²) >= 11 is 0. The van der Waals surface area contributed by atoms with Crippen molar-refractivity contribution in [1.29, 1.82) is 0 Å². The van der Waals surface area contributed by atoms with Gasteiger partial charge in [0.25, 0.3) is 5.91 Å². The highest BCUT2D eigenvalue weighted by Crippen LogP contribution is 2.39. The SMILES string of the molecule is CC(=O)Nc1ccc(OC[C@H](O)CN2C(=O)N(C)C3(CCCCC3)C2=O)cc1. The number of aliphatic hydroxyl groups is 1. The summed E-state index contributed by atoms with van der Waals surface area (Å²) in [6.45, 7) is 1.29. The molecule has 1 spiro atoms. The van der Waals surface area contributed by atoms with E-state index in [2.05, 4.69) is 5.32 Å². The number of amides is 4. The van der Waals surface area contributed by atoms with Crippen LogP contribution in [-0.4, -0.2) is 64.6 Å². The van der Waals surface area contributed by atoms with Crippen LogP contribution in [0.4, 0.5) is 10.5 Å². The van der Waals surface area contributed by atoms with E-state index in [0.717, 1.165) is 24.2 Å². The van der Waals surface area contributed by atoms with Crippen LogP contribution in [0.1, 0.15) is 39.0 Å². The largest absolute Gasteiger partial charge is 0.491 e. The zero-order valence-electron chi connectivity index (χ0n) is 16.3. The molecule has 0 radical (unpaired) electrons. The molecule has 1 aliphatic heterocycles. The monoisotopic (exact) mass is 389 g/mol. The molecule has 8 heteroatoms. The van der Waals surface area contributed by atoms with Gasteiger partial charge in [-0.05, 0) is 37.1 Å². The average Bonchev–Trinajstić information content (AvgIpc) is 2.84. The van der Waals surface area contributed by atoms with Crippen LogP contribution < -0.4 is 10.1 Å². The normalized spacial score (nSPS) is 19.8. The summed E-state index contributed by atoms with van der Waals surface area (Å²) in [4.78, 5) is 39.2. The van der Waals surface area contributed by atoms with E-state index < -0.39 is 11.6 Å². The van der Waals surface area contributed by atoms with Crippen molar-refractivity contribution in [2.75, 3.05) is 25.5 Å². The molecule has 4 amide bonds. The molecule has 2 fully saturated rings. The number of hydrogen-bond acceptors (Lipinski definition) is 5. The van der Waals surface area contributed by atoms with Gasteiger partial charge in [0.05, 0.1) is 6.54 Å². The Labute approximate surface area is 164 Å². The molecule has 1 aliphatic carbocycles. The van der Waals surface area contributed by atoms with Crippen molar-refractivity contribution in [1.82, 2.24) is 9.80 Å². The molecule has 2 aliphatic rings. The Morgan fingerprint density at radius 1 is 1.21 bits per heavy atom. The second-order valence-electron chi connectivity index (χ2n) is 7.52. The molecule has 1 saturated heterocycles. The highest BCUT2D eigenvalue weighted by molar-refractivity contribution is 6.07. The molecular formula is C20H27N3O5. The van der Waals surface area contributed by atoms with E-state index in [0.29, 0.717) is 24.3 Å². The van der Waals surface area contributed by atoms with E-state index >= 15 is 0 Å². The van der Waals surface area contributed by atoms with Crippen molar-refractivity contribution in [3.63, 3.8) is 0 Å². The Morgan fingerprint density at radius 3 is 2.46 bits per heavy atom. The van der Waals surface area contributed by atoms with Crippen LogP contribution >= 0.6 is 0 Å². The third kappa shape index (κ3) is 3.96. The second kappa shape index (κ2) is 8.18. The molecule has 2 N–H and O–H groups in total. The minimum absolute atomic E-state index is 0.0484. The van der Waals surface area contributed by atoms with Crippen molar-refractivity contribution in [2.45, 2.75) is 50.7 Å². The van der Waals surface area contributed by atoms with Crippen LogP contribution in [-0.2, 0) is 9.59 Å². The Kier molecular flexibility index (Phi) is 5.88. The number of carbonyl (C=O) groups excluding carboxylic acids is 3. The topological polar surface area (TPSA) is 99.2 Å². The molecule has 1 heterocycles. The Balaban J connectivity index is 1.55. The van der Waals surface area contributed by atoms with Crippen molar-refractivity contribution < 1.29 is 24.2 Å². The molecule has 3 rings (SSSR count). The van der Waals surface area contributed by atoms with Crippen LogP contribution in [0.25, 0.3) is 0 Å². The molecule has 1 atom stereocenters. The van der Waals surface area contributed by atoms with E-state index in [1.54, 1.807) is 36.2 Å². The van der Waals surface area contributed by atoms with Crippen molar-refractivity contribution in [3.8, 4) is 5.75 Å². The van der Waals surface area contributed by atoms with E-state index in [1.807, 2.05) is 0 Å². The maximum Gasteiger partial charge on any atom is 0.327 e. The van der Waals surface area contributed by atoms with E-state index in [1.165, 1.54) is 6.92 Å². The molecule has 8 nitrogen and oxygen atoms in total. The number of nitrogens with one attached hydrogen (secondary N) is 1. The maximum absolute atomic E-state index is 12.9. The number of ether oxygens (including phenoxy) is 1. The standard InChI is InChI=1S/C20H27N3O5/c1-14(24)21-15-6-8-17(9-7-15)28-13-16(25)12-23-18(26)20(22(2)19(23)27)10-4-3-5-11-20/h6-9,16,25H,3-5,10-13H2,1-2H3,(H,21,24)/t16-/m1/s1. The Hall–Kier alpha value is -2.61. The Bertz CT molecular complexity index is 743. The molecular weight excluding hydrogens is 362 g/mol. The molecule has 0 aromatic heterocycles. The van der Waals surface area contributed by atoms with Gasteiger partial charge in [0, 0.05) is 19.7 Å². The lowest BCUT2D eigenvalue weighted by molar-refractivity contribution is -0.135. The highest BCUT2D eigenvalue weighted by atomic mass is 16.5. The summed E-state index contributed by atoms with van der Waals surface area (Å²) in [5.41, 5.74) is -0.0930. The number of carbonyl (C=O) groups is 3. The van der Waals surface area contributed by atoms with Gasteiger partial charge in [-0.3, -0.25) is 14.5 Å². The van der Waals surface area contributed by atoms with Crippen molar-refractivity contribution in [2.24, 2.45) is 0 Å². The first-order valence-electron chi connectivity index (χ1n) is 9.62. The first-order valence-corrected chi connectivity index (χ1v) is 9.62. The summed E-state index contributed by atoms with van der Waals surface area (Å²) < 4.78 is 5.55. The van der Waals surface area contributed by atoms with Crippen LogP contribution in [0.3, 0.4) is 0 Å². The van der Waals surface area contributed by atoms with Crippen molar-refractivity contribution in [3.05, 3.63) is 24.3 Å². The minimum atomic E-state index is -0.991. The summed E-state index contributed by atoms with van der Waals surface area (Å²) in [5, 5.41) is 13.0. The zero-order valence-corrected chi connectivity index (χ0v) is 16.3. The first kappa shape index (κ1) is 20.1. The second-order valence-corrected chi connectivity index (χ2v) is 7.52. The molecule has 28 heavy (non-hydrogen) atoms. The average molecular weight is 389 g/mol. The smallest absolute Gasteiger partial charge is 0.327 e. The molecule has 1 aromatic carbocycles. The number of likely N-dealkylation sites (N-methyl/N-ethyl adjacent to an activating group) is 1. The molecule has 1 saturated carbocycles. The fourth-order valence-electron chi connectivity index (χ4n) is 3.99. The number of imide groups is 1. The third-order valence-electron chi connectivity index (χ3n) is 5.49. The van der Waals surface area contributed by atoms with Crippen LogP contribution in [0, 0.1) is 0 Å². The predicted molar refractivity (Wildman–Crippen MR) is 103 cm³/mol. The van der Waals surface area contributed by atoms with Crippen LogP contribution in [0.2, 0.25) is 0 Å². The van der Waals surface area contributed by atoms with E-state index in [9.17, 15) is 19.5 Å². The summed E-state index contributed by atoms with van der Waals surface area (Å²) in [5.74, 6) is 0.149. The molecule has 0 unspecified atom stereocenters. The fourth-order valence-corrected chi connectivity index (χ4v) is 3.99. The van der Waals surface area contributed by atoms with Gasteiger partial charge >= 0.3 is 6.03 Å². The van der Waals surface area contributed by atoms with Gasteiger partial charge in [0.15, 0.2) is 0 Å². The molecule has 1 aromatic rings. The lowest BCUT2D eigenvalue weighted by Crippen LogP contribution is -2.49. The lowest BCUT2D eigenvalue weighted by atomic mass is 9.81. The fraction of sp³-hybridized carbons (Fsp3) is 0.550.